The highest BCUT2D eigenvalue weighted by molar-refractivity contribution is 7.91. The van der Waals surface area contributed by atoms with Crippen molar-refractivity contribution < 1.29 is 23.1 Å². The van der Waals surface area contributed by atoms with Gasteiger partial charge in [0.1, 0.15) is 0 Å². The standard InChI is InChI=1S/C11H17N3O5S2/c1-7(2)5-12-8(15)3-4-14-21(18,19)11-9(10(16)17)13-6-20-11/h6-7,14H,3-5H2,1-2H3,(H,12,15)(H,16,17). The molecule has 0 aliphatic carbocycles. The van der Waals surface area contributed by atoms with E-state index >= 15 is 0 Å². The quantitative estimate of drug-likeness (QED) is 0.626. The normalized spacial score (nSPS) is 11.6. The summed E-state index contributed by atoms with van der Waals surface area (Å²) in [5.74, 6) is -1.37. The number of sulfonamides is 1. The van der Waals surface area contributed by atoms with Crippen molar-refractivity contribution in [3.63, 3.8) is 0 Å². The van der Waals surface area contributed by atoms with Gasteiger partial charge in [-0.3, -0.25) is 4.79 Å². The zero-order valence-corrected chi connectivity index (χ0v) is 13.3. The Kier molecular flexibility index (Phi) is 6.24. The van der Waals surface area contributed by atoms with Crippen molar-refractivity contribution in [2.24, 2.45) is 5.92 Å². The van der Waals surface area contributed by atoms with Crippen LogP contribution in [0.4, 0.5) is 0 Å². The van der Waals surface area contributed by atoms with Crippen molar-refractivity contribution in [1.29, 1.82) is 0 Å². The zero-order valence-electron chi connectivity index (χ0n) is 11.6. The number of aromatic nitrogens is 1. The second kappa shape index (κ2) is 7.48. The molecule has 0 saturated heterocycles. The molecule has 10 heteroatoms. The van der Waals surface area contributed by atoms with Crippen LogP contribution in [0, 0.1) is 5.92 Å². The van der Waals surface area contributed by atoms with Crippen molar-refractivity contribution >= 4 is 33.2 Å². The summed E-state index contributed by atoms with van der Waals surface area (Å²) in [4.78, 5) is 25.8. The average molecular weight is 335 g/mol. The molecule has 0 unspecified atom stereocenters. The Bertz CT molecular complexity index is 609. The summed E-state index contributed by atoms with van der Waals surface area (Å²) in [6.07, 6.45) is -0.0207. The molecular formula is C11H17N3O5S2. The SMILES string of the molecule is CC(C)CNC(=O)CCNS(=O)(=O)c1scnc1C(=O)O. The van der Waals surface area contributed by atoms with Gasteiger partial charge in [0, 0.05) is 19.5 Å². The van der Waals surface area contributed by atoms with Crippen LogP contribution in [0.2, 0.25) is 0 Å². The van der Waals surface area contributed by atoms with Crippen LogP contribution in [-0.4, -0.2) is 43.5 Å². The van der Waals surface area contributed by atoms with Gasteiger partial charge in [0.15, 0.2) is 9.90 Å². The fourth-order valence-electron chi connectivity index (χ4n) is 1.34. The largest absolute Gasteiger partial charge is 0.476 e. The van der Waals surface area contributed by atoms with Crippen LogP contribution in [-0.2, 0) is 14.8 Å². The first-order valence-electron chi connectivity index (χ1n) is 6.17. The summed E-state index contributed by atoms with van der Waals surface area (Å²) in [6, 6.07) is 0. The minimum Gasteiger partial charge on any atom is -0.476 e. The molecule has 1 aromatic rings. The number of nitrogens with zero attached hydrogens (tertiary/aromatic N) is 1. The Morgan fingerprint density at radius 3 is 2.67 bits per heavy atom. The second-order valence-corrected chi connectivity index (χ2v) is 7.46. The molecule has 0 atom stereocenters. The number of amides is 1. The minimum absolute atomic E-state index is 0.0207. The highest BCUT2D eigenvalue weighted by Gasteiger charge is 2.25. The molecule has 0 aromatic carbocycles. The van der Waals surface area contributed by atoms with E-state index in [1.54, 1.807) is 0 Å². The summed E-state index contributed by atoms with van der Waals surface area (Å²) in [6.45, 7) is 4.30. The maximum atomic E-state index is 11.9. The average Bonchev–Trinajstić information content (AvgIpc) is 2.86. The number of carbonyl (C=O) groups is 2. The first-order valence-corrected chi connectivity index (χ1v) is 8.53. The lowest BCUT2D eigenvalue weighted by molar-refractivity contribution is -0.121. The van der Waals surface area contributed by atoms with Gasteiger partial charge in [-0.05, 0) is 5.92 Å². The monoisotopic (exact) mass is 335 g/mol. The Hall–Kier alpha value is -1.52. The van der Waals surface area contributed by atoms with Crippen molar-refractivity contribution in [2.45, 2.75) is 24.5 Å². The van der Waals surface area contributed by atoms with E-state index in [0.29, 0.717) is 23.8 Å². The molecule has 0 radical (unpaired) electrons. The highest BCUT2D eigenvalue weighted by Crippen LogP contribution is 2.19. The number of nitrogens with one attached hydrogen (secondary N) is 2. The molecule has 1 heterocycles. The third-order valence-corrected chi connectivity index (χ3v) is 5.16. The summed E-state index contributed by atoms with van der Waals surface area (Å²) in [7, 11) is -3.97. The van der Waals surface area contributed by atoms with E-state index in [1.165, 1.54) is 0 Å². The van der Waals surface area contributed by atoms with Crippen molar-refractivity contribution in [3.05, 3.63) is 11.2 Å². The molecule has 0 saturated carbocycles. The van der Waals surface area contributed by atoms with Crippen molar-refractivity contribution in [2.75, 3.05) is 13.1 Å². The van der Waals surface area contributed by atoms with Crippen LogP contribution in [0.3, 0.4) is 0 Å². The molecule has 0 spiro atoms. The molecule has 0 fully saturated rings. The zero-order chi connectivity index (χ0) is 16.0. The Balaban J connectivity index is 2.56. The van der Waals surface area contributed by atoms with Gasteiger partial charge in [-0.25, -0.2) is 22.9 Å². The van der Waals surface area contributed by atoms with Gasteiger partial charge in [0.2, 0.25) is 5.91 Å². The maximum absolute atomic E-state index is 11.9. The number of rotatable bonds is 8. The molecule has 0 aliphatic rings. The topological polar surface area (TPSA) is 125 Å². The lowest BCUT2D eigenvalue weighted by Gasteiger charge is -2.08. The van der Waals surface area contributed by atoms with Crippen LogP contribution in [0.15, 0.2) is 9.72 Å². The number of hydrogen-bond acceptors (Lipinski definition) is 6. The molecule has 21 heavy (non-hydrogen) atoms. The van der Waals surface area contributed by atoms with Gasteiger partial charge in [-0.2, -0.15) is 0 Å². The van der Waals surface area contributed by atoms with E-state index < -0.39 is 21.7 Å². The van der Waals surface area contributed by atoms with Gasteiger partial charge >= 0.3 is 5.97 Å². The van der Waals surface area contributed by atoms with Gasteiger partial charge < -0.3 is 10.4 Å². The molecule has 118 valence electrons. The molecular weight excluding hydrogens is 318 g/mol. The first kappa shape index (κ1) is 17.5. The number of carbonyl (C=O) groups excluding carboxylic acids is 1. The Morgan fingerprint density at radius 2 is 2.10 bits per heavy atom. The highest BCUT2D eigenvalue weighted by atomic mass is 32.2. The molecule has 0 bridgehead atoms. The van der Waals surface area contributed by atoms with Gasteiger partial charge in [-0.15, -0.1) is 11.3 Å². The van der Waals surface area contributed by atoms with Crippen LogP contribution in [0.5, 0.6) is 0 Å². The summed E-state index contributed by atoms with van der Waals surface area (Å²) < 4.78 is 25.7. The van der Waals surface area contributed by atoms with Gasteiger partial charge in [0.25, 0.3) is 10.0 Å². The molecule has 8 nitrogen and oxygen atoms in total. The van der Waals surface area contributed by atoms with E-state index in [1.807, 2.05) is 13.8 Å². The van der Waals surface area contributed by atoms with Crippen LogP contribution >= 0.6 is 11.3 Å². The van der Waals surface area contributed by atoms with E-state index in [2.05, 4.69) is 15.0 Å². The lowest BCUT2D eigenvalue weighted by atomic mass is 10.2. The van der Waals surface area contributed by atoms with E-state index in [0.717, 1.165) is 5.51 Å². The van der Waals surface area contributed by atoms with Crippen LogP contribution in [0.25, 0.3) is 0 Å². The fourth-order valence-corrected chi connectivity index (χ4v) is 3.55. The van der Waals surface area contributed by atoms with Crippen LogP contribution < -0.4 is 10.0 Å². The number of thiazole rings is 1. The summed E-state index contributed by atoms with van der Waals surface area (Å²) in [5, 5.41) is 11.5. The predicted molar refractivity (Wildman–Crippen MR) is 76.7 cm³/mol. The third-order valence-electron chi connectivity index (χ3n) is 2.33. The van der Waals surface area contributed by atoms with Gasteiger partial charge in [-0.1, -0.05) is 13.8 Å². The fraction of sp³-hybridized carbons (Fsp3) is 0.545. The van der Waals surface area contributed by atoms with E-state index in [9.17, 15) is 18.0 Å². The molecule has 1 aromatic heterocycles. The molecule has 0 aliphatic heterocycles. The molecule has 1 rings (SSSR count). The maximum Gasteiger partial charge on any atom is 0.356 e. The number of hydrogen-bond donors (Lipinski definition) is 3. The Labute approximate surface area is 126 Å². The summed E-state index contributed by atoms with van der Waals surface area (Å²) >= 11 is 0.715. The minimum atomic E-state index is -3.97. The number of aromatic carboxylic acids is 1. The van der Waals surface area contributed by atoms with Crippen molar-refractivity contribution in [1.82, 2.24) is 15.0 Å². The van der Waals surface area contributed by atoms with E-state index in [-0.39, 0.29) is 23.1 Å². The molecule has 3 N–H and O–H groups in total. The molecule has 1 amide bonds. The van der Waals surface area contributed by atoms with Gasteiger partial charge in [0.05, 0.1) is 5.51 Å². The van der Waals surface area contributed by atoms with E-state index in [4.69, 9.17) is 5.11 Å². The number of carboxylic acid groups (broad SMARTS) is 1. The third kappa shape index (κ3) is 5.40. The predicted octanol–water partition coefficient (Wildman–Crippen LogP) is 0.282. The van der Waals surface area contributed by atoms with Crippen LogP contribution in [0.1, 0.15) is 30.8 Å². The smallest absolute Gasteiger partial charge is 0.356 e. The lowest BCUT2D eigenvalue weighted by Crippen LogP contribution is -2.32. The first-order chi connectivity index (χ1) is 9.74. The Morgan fingerprint density at radius 1 is 1.43 bits per heavy atom. The summed E-state index contributed by atoms with van der Waals surface area (Å²) in [5.41, 5.74) is 0.629. The second-order valence-electron chi connectivity index (χ2n) is 4.64. The number of carboxylic acids is 1. The van der Waals surface area contributed by atoms with Crippen molar-refractivity contribution in [3.8, 4) is 0 Å².